The molecule has 0 radical (unpaired) electrons. The molecule has 11 nitrogen and oxygen atoms in total. The standard InChI is InChI=1S/C35H42ClN9O2S/c36-35-42-32(43-44-35)24-8-10-28(11-9-24)40-34(47)31(41-33(46)25-6-4-22(19-37)5-7-25)17-23-2-1-3-26(16-23)27-18-30(21-39-20-27)48-45-29-12-14-38-15-13-29/h1-3,8-11,16,18,20-22,25,29,31,38,45H,4-7,12-15,17,19,37H2,(H,40,47)(H,41,46)(H,42,43,44)/t22?,25?,31-/m0/s1. The normalized spacial score (nSPS) is 19.0. The molecule has 1 saturated carbocycles. The first-order valence-electron chi connectivity index (χ1n) is 16.6. The fourth-order valence-electron chi connectivity index (χ4n) is 6.30. The van der Waals surface area contributed by atoms with Crippen LogP contribution in [-0.4, -0.2) is 63.7 Å². The van der Waals surface area contributed by atoms with Crippen molar-refractivity contribution < 1.29 is 9.59 Å². The average molecular weight is 688 g/mol. The van der Waals surface area contributed by atoms with E-state index in [2.05, 4.69) is 53.0 Å². The number of pyridine rings is 1. The van der Waals surface area contributed by atoms with Crippen molar-refractivity contribution in [3.8, 4) is 22.5 Å². The molecule has 2 aliphatic rings. The third-order valence-electron chi connectivity index (χ3n) is 9.15. The lowest BCUT2D eigenvalue weighted by Gasteiger charge is -2.28. The summed E-state index contributed by atoms with van der Waals surface area (Å²) in [6, 6.07) is 17.1. The maximum atomic E-state index is 13.8. The third-order valence-corrected chi connectivity index (χ3v) is 10.2. The van der Waals surface area contributed by atoms with E-state index in [1.807, 2.05) is 42.7 Å². The Balaban J connectivity index is 1.16. The number of nitrogens with one attached hydrogen (secondary N) is 5. The monoisotopic (exact) mass is 687 g/mol. The molecule has 0 unspecified atom stereocenters. The SMILES string of the molecule is NCC1CCC(C(=O)N[C@@H](Cc2cccc(-c3cncc(SNC4CCNCC4)c3)c2)C(=O)Nc2ccc(-c3n[nH]c(Cl)n3)cc2)CC1. The van der Waals surface area contributed by atoms with E-state index in [0.29, 0.717) is 36.4 Å². The van der Waals surface area contributed by atoms with Gasteiger partial charge in [0.15, 0.2) is 5.82 Å². The van der Waals surface area contributed by atoms with Crippen LogP contribution in [0, 0.1) is 11.8 Å². The second-order valence-electron chi connectivity index (χ2n) is 12.6. The van der Waals surface area contributed by atoms with Gasteiger partial charge in [0, 0.05) is 52.5 Å². The zero-order valence-corrected chi connectivity index (χ0v) is 28.3. The summed E-state index contributed by atoms with van der Waals surface area (Å²) in [7, 11) is 0. The fourth-order valence-corrected chi connectivity index (χ4v) is 7.26. The Morgan fingerprint density at radius 3 is 2.48 bits per heavy atom. The van der Waals surface area contributed by atoms with Crippen molar-refractivity contribution in [2.45, 2.75) is 61.9 Å². The van der Waals surface area contributed by atoms with Gasteiger partial charge in [-0.3, -0.25) is 19.3 Å². The molecule has 1 aliphatic heterocycles. The molecule has 13 heteroatoms. The molecule has 2 fully saturated rings. The van der Waals surface area contributed by atoms with Crippen molar-refractivity contribution in [2.24, 2.45) is 17.6 Å². The van der Waals surface area contributed by atoms with Gasteiger partial charge >= 0.3 is 0 Å². The molecule has 4 aromatic rings. The van der Waals surface area contributed by atoms with E-state index in [4.69, 9.17) is 17.3 Å². The minimum absolute atomic E-state index is 0.0891. The number of rotatable bonds is 12. The molecule has 252 valence electrons. The largest absolute Gasteiger partial charge is 0.344 e. The fraction of sp³-hybridized carbons (Fsp3) is 0.400. The van der Waals surface area contributed by atoms with Crippen LogP contribution in [0.25, 0.3) is 22.5 Å². The zero-order valence-electron chi connectivity index (χ0n) is 26.8. The molecule has 6 rings (SSSR count). The van der Waals surface area contributed by atoms with Crippen LogP contribution < -0.4 is 26.4 Å². The first kappa shape index (κ1) is 34.1. The number of halogens is 1. The Labute approximate surface area is 290 Å². The van der Waals surface area contributed by atoms with Crippen LogP contribution in [0.2, 0.25) is 5.28 Å². The Morgan fingerprint density at radius 1 is 0.958 bits per heavy atom. The number of H-pyrrole nitrogens is 1. The van der Waals surface area contributed by atoms with Crippen molar-refractivity contribution in [2.75, 3.05) is 25.0 Å². The molecular weight excluding hydrogens is 646 g/mol. The smallest absolute Gasteiger partial charge is 0.247 e. The van der Waals surface area contributed by atoms with Gasteiger partial charge in [0.05, 0.1) is 0 Å². The highest BCUT2D eigenvalue weighted by molar-refractivity contribution is 7.97. The van der Waals surface area contributed by atoms with Gasteiger partial charge in [-0.25, -0.2) is 5.10 Å². The average Bonchev–Trinajstić information content (AvgIpc) is 3.57. The van der Waals surface area contributed by atoms with Gasteiger partial charge in [0.1, 0.15) is 6.04 Å². The van der Waals surface area contributed by atoms with Crippen molar-refractivity contribution in [3.63, 3.8) is 0 Å². The van der Waals surface area contributed by atoms with Crippen molar-refractivity contribution in [1.29, 1.82) is 0 Å². The number of anilines is 1. The number of nitrogens with zero attached hydrogens (tertiary/aromatic N) is 3. The van der Waals surface area contributed by atoms with Crippen LogP contribution in [0.1, 0.15) is 44.1 Å². The molecule has 0 spiro atoms. The number of carbonyl (C=O) groups excluding carboxylic acids is 2. The molecule has 1 atom stereocenters. The van der Waals surface area contributed by atoms with Gasteiger partial charge in [0.25, 0.3) is 0 Å². The van der Waals surface area contributed by atoms with Crippen molar-refractivity contribution in [1.82, 2.24) is 35.5 Å². The highest BCUT2D eigenvalue weighted by Gasteiger charge is 2.29. The van der Waals surface area contributed by atoms with E-state index in [1.165, 1.54) is 0 Å². The van der Waals surface area contributed by atoms with Crippen molar-refractivity contribution >= 4 is 41.1 Å². The lowest BCUT2D eigenvalue weighted by Crippen LogP contribution is -2.48. The Morgan fingerprint density at radius 2 is 1.75 bits per heavy atom. The quantitative estimate of drug-likeness (QED) is 0.113. The first-order chi connectivity index (χ1) is 23.4. The number of hydrogen-bond acceptors (Lipinski definition) is 9. The van der Waals surface area contributed by atoms with E-state index in [9.17, 15) is 9.59 Å². The predicted molar refractivity (Wildman–Crippen MR) is 190 cm³/mol. The number of piperidine rings is 1. The molecule has 0 bridgehead atoms. The molecular formula is C35H42ClN9O2S. The first-order valence-corrected chi connectivity index (χ1v) is 17.8. The number of nitrogens with two attached hydrogens (primary N) is 1. The molecule has 7 N–H and O–H groups in total. The summed E-state index contributed by atoms with van der Waals surface area (Å²) in [5, 5.41) is 16.4. The second kappa shape index (κ2) is 16.5. The van der Waals surface area contributed by atoms with E-state index < -0.39 is 6.04 Å². The van der Waals surface area contributed by atoms with E-state index in [0.717, 1.165) is 78.8 Å². The van der Waals surface area contributed by atoms with Crippen LogP contribution in [0.15, 0.2) is 71.9 Å². The maximum Gasteiger partial charge on any atom is 0.247 e. The topological polar surface area (TPSA) is 163 Å². The number of aromatic amines is 1. The molecule has 3 heterocycles. The lowest BCUT2D eigenvalue weighted by atomic mass is 9.81. The van der Waals surface area contributed by atoms with Crippen LogP contribution in [0.3, 0.4) is 0 Å². The summed E-state index contributed by atoms with van der Waals surface area (Å²) in [4.78, 5) is 37.0. The van der Waals surface area contributed by atoms with E-state index >= 15 is 0 Å². The molecule has 2 aromatic heterocycles. The van der Waals surface area contributed by atoms with Gasteiger partial charge in [-0.1, -0.05) is 24.3 Å². The zero-order chi connectivity index (χ0) is 33.3. The third kappa shape index (κ3) is 9.20. The van der Waals surface area contributed by atoms with E-state index in [1.54, 1.807) is 24.1 Å². The molecule has 2 amide bonds. The van der Waals surface area contributed by atoms with Crippen LogP contribution >= 0.6 is 23.5 Å². The maximum absolute atomic E-state index is 13.8. The predicted octanol–water partition coefficient (Wildman–Crippen LogP) is 4.97. The van der Waals surface area contributed by atoms with Gasteiger partial charge in [-0.2, -0.15) is 10.1 Å². The number of carbonyl (C=O) groups is 2. The lowest BCUT2D eigenvalue weighted by molar-refractivity contribution is -0.130. The number of aromatic nitrogens is 4. The second-order valence-corrected chi connectivity index (χ2v) is 13.9. The van der Waals surface area contributed by atoms with Gasteiger partial charge in [-0.15, -0.1) is 0 Å². The summed E-state index contributed by atoms with van der Waals surface area (Å²) >= 11 is 7.50. The van der Waals surface area contributed by atoms with Crippen molar-refractivity contribution in [3.05, 3.63) is 77.8 Å². The summed E-state index contributed by atoms with van der Waals surface area (Å²) in [6.45, 7) is 2.71. The van der Waals surface area contributed by atoms with Crippen LogP contribution in [0.5, 0.6) is 0 Å². The molecule has 1 aliphatic carbocycles. The molecule has 48 heavy (non-hydrogen) atoms. The summed E-state index contributed by atoms with van der Waals surface area (Å²) < 4.78 is 3.58. The van der Waals surface area contributed by atoms with Gasteiger partial charge in [-0.05, 0) is 129 Å². The number of amides is 2. The summed E-state index contributed by atoms with van der Waals surface area (Å²) in [5.74, 6) is 0.408. The number of hydrogen-bond donors (Lipinski definition) is 6. The Hall–Kier alpha value is -3.81. The van der Waals surface area contributed by atoms with E-state index in [-0.39, 0.29) is 23.0 Å². The summed E-state index contributed by atoms with van der Waals surface area (Å²) in [5.41, 5.74) is 10.2. The Kier molecular flexibility index (Phi) is 11.7. The molecule has 1 saturated heterocycles. The Bertz CT molecular complexity index is 1670. The highest BCUT2D eigenvalue weighted by atomic mass is 35.5. The van der Waals surface area contributed by atoms with Crippen LogP contribution in [0.4, 0.5) is 5.69 Å². The highest BCUT2D eigenvalue weighted by Crippen LogP contribution is 2.29. The molecule has 2 aromatic carbocycles. The number of benzene rings is 2. The minimum Gasteiger partial charge on any atom is -0.344 e. The summed E-state index contributed by atoms with van der Waals surface area (Å²) in [6.07, 6.45) is 9.66. The van der Waals surface area contributed by atoms with Crippen LogP contribution in [-0.2, 0) is 16.0 Å². The minimum atomic E-state index is -0.777. The van der Waals surface area contributed by atoms with Gasteiger partial charge < -0.3 is 21.7 Å². The van der Waals surface area contributed by atoms with Gasteiger partial charge in [0.2, 0.25) is 17.1 Å².